The molecule has 1 aromatic carbocycles. The lowest BCUT2D eigenvalue weighted by atomic mass is 10.0. The first kappa shape index (κ1) is 20.5. The molecule has 0 fully saturated rings. The number of carbonyl (C=O) groups is 1. The molecule has 0 spiro atoms. The maximum atomic E-state index is 12.5. The summed E-state index contributed by atoms with van der Waals surface area (Å²) < 4.78 is 5.37. The van der Waals surface area contributed by atoms with Gasteiger partial charge in [0.15, 0.2) is 0 Å². The quantitative estimate of drug-likeness (QED) is 0.562. The normalized spacial score (nSPS) is 12.3. The molecule has 0 aliphatic carbocycles. The number of methoxy groups -OCH3 is 1. The number of thiophene rings is 1. The van der Waals surface area contributed by atoms with Gasteiger partial charge in [-0.1, -0.05) is 43.7 Å². The zero-order chi connectivity index (χ0) is 20.1. The standard InChI is InChI=1S/C22H26N2O3S/c1-4-5-11-17(25)24-19-18-16(13-27-3)12-14(2)23-22(18)28-21(19)20(26)15-9-7-6-8-10-15/h6-10,12,20,26H,4-5,11,13H2,1-3H3,(H,24,25)/t20-/m1/s1. The smallest absolute Gasteiger partial charge is 0.224 e. The number of aliphatic hydroxyl groups is 1. The van der Waals surface area contributed by atoms with Crippen LogP contribution in [0.15, 0.2) is 36.4 Å². The molecule has 0 saturated carbocycles. The molecule has 3 aromatic rings. The minimum atomic E-state index is -0.836. The SMILES string of the molecule is CCCCC(=O)Nc1c([C@H](O)c2ccccc2)sc2nc(C)cc(COC)c12. The molecule has 0 saturated heterocycles. The fourth-order valence-electron chi connectivity index (χ4n) is 3.24. The number of anilines is 1. The van der Waals surface area contributed by atoms with E-state index in [0.717, 1.165) is 39.9 Å². The van der Waals surface area contributed by atoms with Crippen molar-refractivity contribution in [3.8, 4) is 0 Å². The van der Waals surface area contributed by atoms with E-state index in [1.165, 1.54) is 11.3 Å². The number of ether oxygens (including phenoxy) is 1. The molecule has 2 heterocycles. The number of pyridine rings is 1. The highest BCUT2D eigenvalue weighted by Crippen LogP contribution is 2.43. The number of nitrogens with zero attached hydrogens (tertiary/aromatic N) is 1. The molecule has 0 aliphatic rings. The Bertz CT molecular complexity index is 953. The first-order valence-corrected chi connectivity index (χ1v) is 10.3. The van der Waals surface area contributed by atoms with Gasteiger partial charge in [-0.15, -0.1) is 11.3 Å². The number of benzene rings is 1. The van der Waals surface area contributed by atoms with Crippen LogP contribution in [0.3, 0.4) is 0 Å². The molecule has 148 valence electrons. The number of rotatable bonds is 8. The second-order valence-corrected chi connectivity index (χ2v) is 7.87. The monoisotopic (exact) mass is 398 g/mol. The predicted octanol–water partition coefficient (Wildman–Crippen LogP) is 4.96. The summed E-state index contributed by atoms with van der Waals surface area (Å²) in [6.45, 7) is 4.40. The van der Waals surface area contributed by atoms with Crippen LogP contribution in [-0.2, 0) is 16.1 Å². The van der Waals surface area contributed by atoms with Gasteiger partial charge in [0.1, 0.15) is 10.9 Å². The number of unbranched alkanes of at least 4 members (excludes halogenated alkanes) is 1. The minimum absolute atomic E-state index is 0.0491. The first-order chi connectivity index (χ1) is 13.5. The molecule has 1 atom stereocenters. The van der Waals surface area contributed by atoms with E-state index in [4.69, 9.17) is 4.74 Å². The highest BCUT2D eigenvalue weighted by molar-refractivity contribution is 7.19. The Hall–Kier alpha value is -2.28. The molecule has 0 bridgehead atoms. The summed E-state index contributed by atoms with van der Waals surface area (Å²) in [6, 6.07) is 11.4. The van der Waals surface area contributed by atoms with Gasteiger partial charge in [0.05, 0.1) is 17.2 Å². The highest BCUT2D eigenvalue weighted by atomic mass is 32.1. The van der Waals surface area contributed by atoms with Gasteiger partial charge in [-0.05, 0) is 30.5 Å². The number of aliphatic hydroxyl groups excluding tert-OH is 1. The van der Waals surface area contributed by atoms with Crippen molar-refractivity contribution in [1.82, 2.24) is 4.98 Å². The molecule has 2 aromatic heterocycles. The maximum absolute atomic E-state index is 12.5. The van der Waals surface area contributed by atoms with Gasteiger partial charge in [-0.25, -0.2) is 4.98 Å². The van der Waals surface area contributed by atoms with Gasteiger partial charge in [-0.3, -0.25) is 4.79 Å². The van der Waals surface area contributed by atoms with Crippen LogP contribution in [0.5, 0.6) is 0 Å². The van der Waals surface area contributed by atoms with E-state index in [1.54, 1.807) is 7.11 Å². The molecule has 2 N–H and O–H groups in total. The number of amides is 1. The van der Waals surface area contributed by atoms with Gasteiger partial charge >= 0.3 is 0 Å². The molecule has 1 amide bonds. The van der Waals surface area contributed by atoms with Crippen LogP contribution in [0.2, 0.25) is 0 Å². The average Bonchev–Trinajstić information content (AvgIpc) is 3.04. The Morgan fingerprint density at radius 1 is 1.32 bits per heavy atom. The van der Waals surface area contributed by atoms with Crippen LogP contribution in [0.4, 0.5) is 5.69 Å². The molecular formula is C22H26N2O3S. The largest absolute Gasteiger partial charge is 0.383 e. The van der Waals surface area contributed by atoms with Gasteiger partial charge in [-0.2, -0.15) is 0 Å². The molecule has 0 radical (unpaired) electrons. The van der Waals surface area contributed by atoms with Crippen molar-refractivity contribution in [2.75, 3.05) is 12.4 Å². The van der Waals surface area contributed by atoms with E-state index in [1.807, 2.05) is 43.3 Å². The van der Waals surface area contributed by atoms with E-state index in [2.05, 4.69) is 17.2 Å². The second kappa shape index (κ2) is 9.28. The van der Waals surface area contributed by atoms with Crippen LogP contribution in [0.25, 0.3) is 10.2 Å². The Morgan fingerprint density at radius 2 is 2.07 bits per heavy atom. The third kappa shape index (κ3) is 4.41. The van der Waals surface area contributed by atoms with Crippen LogP contribution in [0.1, 0.15) is 54.0 Å². The summed E-state index contributed by atoms with van der Waals surface area (Å²) in [7, 11) is 1.65. The van der Waals surface area contributed by atoms with Crippen molar-refractivity contribution >= 4 is 33.1 Å². The minimum Gasteiger partial charge on any atom is -0.383 e. The van der Waals surface area contributed by atoms with Crippen LogP contribution in [0, 0.1) is 6.92 Å². The average molecular weight is 399 g/mol. The molecule has 3 rings (SSSR count). The van der Waals surface area contributed by atoms with Crippen molar-refractivity contribution in [3.63, 3.8) is 0 Å². The van der Waals surface area contributed by atoms with Crippen LogP contribution >= 0.6 is 11.3 Å². The molecule has 28 heavy (non-hydrogen) atoms. The van der Waals surface area contributed by atoms with Crippen LogP contribution < -0.4 is 5.32 Å². The topological polar surface area (TPSA) is 71.5 Å². The number of carbonyl (C=O) groups excluding carboxylic acids is 1. The van der Waals surface area contributed by atoms with Gasteiger partial charge < -0.3 is 15.2 Å². The first-order valence-electron chi connectivity index (χ1n) is 9.49. The predicted molar refractivity (Wildman–Crippen MR) is 114 cm³/mol. The fourth-order valence-corrected chi connectivity index (χ4v) is 4.48. The molecular weight excluding hydrogens is 372 g/mol. The van der Waals surface area contributed by atoms with E-state index in [0.29, 0.717) is 23.6 Å². The summed E-state index contributed by atoms with van der Waals surface area (Å²) in [5, 5.41) is 15.0. The summed E-state index contributed by atoms with van der Waals surface area (Å²) >= 11 is 1.42. The van der Waals surface area contributed by atoms with Gasteiger partial charge in [0, 0.05) is 24.6 Å². The van der Waals surface area contributed by atoms with Crippen molar-refractivity contribution in [1.29, 1.82) is 0 Å². The fraction of sp³-hybridized carbons (Fsp3) is 0.364. The number of fused-ring (bicyclic) bond motifs is 1. The Morgan fingerprint density at radius 3 is 2.75 bits per heavy atom. The highest BCUT2D eigenvalue weighted by Gasteiger charge is 2.24. The third-order valence-electron chi connectivity index (χ3n) is 4.58. The van der Waals surface area contributed by atoms with Gasteiger partial charge in [0.25, 0.3) is 0 Å². The lowest BCUT2D eigenvalue weighted by Gasteiger charge is -2.14. The summed E-state index contributed by atoms with van der Waals surface area (Å²) in [5.41, 5.74) is 3.27. The number of hydrogen-bond donors (Lipinski definition) is 2. The molecule has 0 unspecified atom stereocenters. The summed E-state index contributed by atoms with van der Waals surface area (Å²) in [4.78, 5) is 18.7. The zero-order valence-corrected chi connectivity index (χ0v) is 17.3. The molecule has 5 nitrogen and oxygen atoms in total. The van der Waals surface area contributed by atoms with Crippen molar-refractivity contribution in [2.45, 2.75) is 45.8 Å². The van der Waals surface area contributed by atoms with Crippen molar-refractivity contribution in [3.05, 3.63) is 58.1 Å². The van der Waals surface area contributed by atoms with Gasteiger partial charge in [0.2, 0.25) is 5.91 Å². The molecule has 0 aliphatic heterocycles. The summed E-state index contributed by atoms with van der Waals surface area (Å²) in [5.74, 6) is -0.0491. The number of hydrogen-bond acceptors (Lipinski definition) is 5. The van der Waals surface area contributed by atoms with E-state index >= 15 is 0 Å². The number of nitrogens with one attached hydrogen (secondary N) is 1. The van der Waals surface area contributed by atoms with E-state index in [9.17, 15) is 9.90 Å². The second-order valence-electron chi connectivity index (χ2n) is 6.84. The maximum Gasteiger partial charge on any atom is 0.224 e. The number of aryl methyl sites for hydroxylation is 1. The van der Waals surface area contributed by atoms with E-state index in [-0.39, 0.29) is 5.91 Å². The van der Waals surface area contributed by atoms with Crippen LogP contribution in [-0.4, -0.2) is 23.1 Å². The van der Waals surface area contributed by atoms with Crippen molar-refractivity contribution < 1.29 is 14.6 Å². The lowest BCUT2D eigenvalue weighted by Crippen LogP contribution is -2.13. The van der Waals surface area contributed by atoms with Crippen molar-refractivity contribution in [2.24, 2.45) is 0 Å². The molecule has 6 heteroatoms. The third-order valence-corrected chi connectivity index (χ3v) is 5.72. The van der Waals surface area contributed by atoms with E-state index < -0.39 is 6.10 Å². The Labute approximate surface area is 169 Å². The Balaban J connectivity index is 2.14. The zero-order valence-electron chi connectivity index (χ0n) is 16.5. The Kier molecular flexibility index (Phi) is 6.78. The number of aromatic nitrogens is 1. The lowest BCUT2D eigenvalue weighted by molar-refractivity contribution is -0.116. The summed E-state index contributed by atoms with van der Waals surface area (Å²) in [6.07, 6.45) is 1.39.